The smallest absolute Gasteiger partial charge is 0.0896 e. The van der Waals surface area contributed by atoms with Gasteiger partial charge < -0.3 is 10.1 Å². The van der Waals surface area contributed by atoms with Crippen molar-refractivity contribution < 1.29 is 4.74 Å². The number of nitrogens with zero attached hydrogens (tertiary/aromatic N) is 2. The van der Waals surface area contributed by atoms with E-state index in [9.17, 15) is 0 Å². The molecular formula is C15H25N3OS. The molecule has 2 fully saturated rings. The maximum Gasteiger partial charge on any atom is 0.0896 e. The highest BCUT2D eigenvalue weighted by atomic mass is 32.2. The average molecular weight is 295 g/mol. The van der Waals surface area contributed by atoms with Gasteiger partial charge >= 0.3 is 0 Å². The second-order valence-corrected chi connectivity index (χ2v) is 6.99. The predicted octanol–water partition coefficient (Wildman–Crippen LogP) is 2.47. The topological polar surface area (TPSA) is 39.1 Å². The predicted molar refractivity (Wildman–Crippen MR) is 83.1 cm³/mol. The van der Waals surface area contributed by atoms with Crippen molar-refractivity contribution in [2.75, 3.05) is 24.7 Å². The van der Waals surface area contributed by atoms with Crippen molar-refractivity contribution in [3.8, 4) is 0 Å². The third-order valence-corrected chi connectivity index (χ3v) is 5.46. The molecule has 3 heterocycles. The van der Waals surface area contributed by atoms with E-state index in [0.717, 1.165) is 32.2 Å². The Kier molecular flexibility index (Phi) is 5.02. The molecule has 2 atom stereocenters. The van der Waals surface area contributed by atoms with Crippen LogP contribution >= 0.6 is 11.8 Å². The third-order valence-electron chi connectivity index (χ3n) is 4.41. The van der Waals surface area contributed by atoms with Crippen LogP contribution in [0.15, 0.2) is 12.4 Å². The number of nitrogens with one attached hydrogen (secondary N) is 1. The van der Waals surface area contributed by atoms with E-state index in [1.165, 1.54) is 29.9 Å². The summed E-state index contributed by atoms with van der Waals surface area (Å²) in [5, 5.41) is 8.14. The Hall–Kier alpha value is -0.520. The van der Waals surface area contributed by atoms with Crippen LogP contribution < -0.4 is 5.32 Å². The molecule has 2 aliphatic rings. The number of aryl methyl sites for hydroxylation is 1. The molecule has 0 radical (unpaired) electrons. The van der Waals surface area contributed by atoms with Crippen molar-refractivity contribution >= 4 is 11.8 Å². The van der Waals surface area contributed by atoms with Crippen molar-refractivity contribution in [1.29, 1.82) is 0 Å². The quantitative estimate of drug-likeness (QED) is 0.906. The van der Waals surface area contributed by atoms with E-state index < -0.39 is 0 Å². The van der Waals surface area contributed by atoms with Gasteiger partial charge in [0.1, 0.15) is 0 Å². The van der Waals surface area contributed by atoms with Crippen LogP contribution in [0, 0.1) is 5.92 Å². The molecule has 3 rings (SSSR count). The Balaban J connectivity index is 1.54. The molecule has 20 heavy (non-hydrogen) atoms. The van der Waals surface area contributed by atoms with Gasteiger partial charge in [-0.05, 0) is 37.7 Å². The van der Waals surface area contributed by atoms with E-state index in [0.29, 0.717) is 5.92 Å². The molecule has 2 saturated heterocycles. The molecule has 0 unspecified atom stereocenters. The van der Waals surface area contributed by atoms with Crippen molar-refractivity contribution in [3.63, 3.8) is 0 Å². The minimum atomic E-state index is 0.237. The normalized spacial score (nSPS) is 28.1. The average Bonchev–Trinajstić information content (AvgIpc) is 3.14. The Morgan fingerprint density at radius 3 is 3.00 bits per heavy atom. The number of hydrogen-bond donors (Lipinski definition) is 1. The maximum atomic E-state index is 5.95. The Morgan fingerprint density at radius 2 is 2.25 bits per heavy atom. The van der Waals surface area contributed by atoms with Crippen molar-refractivity contribution in [3.05, 3.63) is 18.0 Å². The van der Waals surface area contributed by atoms with Crippen LogP contribution in [-0.4, -0.2) is 40.5 Å². The lowest BCUT2D eigenvalue weighted by atomic mass is 9.96. The SMILES string of the molecule is CCn1cc([C@@H]2OCC[C@@H]2CNC2CCSCC2)cn1. The van der Waals surface area contributed by atoms with E-state index in [4.69, 9.17) is 4.74 Å². The molecule has 1 aromatic heterocycles. The van der Waals surface area contributed by atoms with Crippen LogP contribution in [0.25, 0.3) is 0 Å². The van der Waals surface area contributed by atoms with Crippen LogP contribution in [-0.2, 0) is 11.3 Å². The van der Waals surface area contributed by atoms with E-state index in [1.54, 1.807) is 0 Å². The first-order valence-corrected chi connectivity index (χ1v) is 8.97. The van der Waals surface area contributed by atoms with Crippen LogP contribution in [0.1, 0.15) is 37.9 Å². The summed E-state index contributed by atoms with van der Waals surface area (Å²) >= 11 is 2.08. The fraction of sp³-hybridized carbons (Fsp3) is 0.800. The first kappa shape index (κ1) is 14.4. The minimum absolute atomic E-state index is 0.237. The zero-order valence-electron chi connectivity index (χ0n) is 12.3. The molecule has 5 heteroatoms. The van der Waals surface area contributed by atoms with Gasteiger partial charge in [-0.3, -0.25) is 4.68 Å². The first-order chi connectivity index (χ1) is 9.86. The molecule has 1 N–H and O–H groups in total. The molecule has 112 valence electrons. The summed E-state index contributed by atoms with van der Waals surface area (Å²) in [4.78, 5) is 0. The summed E-state index contributed by atoms with van der Waals surface area (Å²) < 4.78 is 7.94. The molecule has 0 aliphatic carbocycles. The molecular weight excluding hydrogens is 270 g/mol. The molecule has 0 aromatic carbocycles. The van der Waals surface area contributed by atoms with Crippen LogP contribution in [0.5, 0.6) is 0 Å². The molecule has 2 aliphatic heterocycles. The van der Waals surface area contributed by atoms with Crippen LogP contribution in [0.2, 0.25) is 0 Å². The van der Waals surface area contributed by atoms with Gasteiger partial charge in [0, 0.05) is 43.4 Å². The first-order valence-electron chi connectivity index (χ1n) is 7.82. The lowest BCUT2D eigenvalue weighted by molar-refractivity contribution is 0.0896. The Labute approximate surface area is 125 Å². The van der Waals surface area contributed by atoms with Crippen molar-refractivity contribution in [1.82, 2.24) is 15.1 Å². The molecule has 4 nitrogen and oxygen atoms in total. The second-order valence-electron chi connectivity index (χ2n) is 5.76. The van der Waals surface area contributed by atoms with Crippen molar-refractivity contribution in [2.24, 2.45) is 5.92 Å². The number of aromatic nitrogens is 2. The number of thioether (sulfide) groups is 1. The lowest BCUT2D eigenvalue weighted by Crippen LogP contribution is -2.36. The standard InChI is InChI=1S/C15H25N3OS/c1-2-18-11-13(10-17-18)15-12(3-6-19-15)9-16-14-4-7-20-8-5-14/h10-12,14-16H,2-9H2,1H3/t12-,15-/m1/s1. The fourth-order valence-electron chi connectivity index (χ4n) is 3.13. The van der Waals surface area contributed by atoms with E-state index in [2.05, 4.69) is 35.3 Å². The summed E-state index contributed by atoms with van der Waals surface area (Å²) in [7, 11) is 0. The van der Waals surface area contributed by atoms with Gasteiger partial charge in [0.2, 0.25) is 0 Å². The summed E-state index contributed by atoms with van der Waals surface area (Å²) in [6.07, 6.45) is 8.15. The highest BCUT2D eigenvalue weighted by Gasteiger charge is 2.31. The molecule has 0 amide bonds. The van der Waals surface area contributed by atoms with Gasteiger partial charge in [0.15, 0.2) is 0 Å². The Bertz CT molecular complexity index is 417. The third kappa shape index (κ3) is 3.38. The minimum Gasteiger partial charge on any atom is -0.373 e. The summed E-state index contributed by atoms with van der Waals surface area (Å²) in [5.74, 6) is 3.22. The highest BCUT2D eigenvalue weighted by Crippen LogP contribution is 2.34. The van der Waals surface area contributed by atoms with Gasteiger partial charge in [-0.2, -0.15) is 16.9 Å². The van der Waals surface area contributed by atoms with Crippen LogP contribution in [0.3, 0.4) is 0 Å². The monoisotopic (exact) mass is 295 g/mol. The number of rotatable bonds is 5. The van der Waals surface area contributed by atoms with Gasteiger partial charge in [-0.1, -0.05) is 0 Å². The second kappa shape index (κ2) is 6.96. The van der Waals surface area contributed by atoms with Crippen molar-refractivity contribution in [2.45, 2.75) is 44.9 Å². The number of hydrogen-bond acceptors (Lipinski definition) is 4. The summed E-state index contributed by atoms with van der Waals surface area (Å²) in [6, 6.07) is 0.718. The van der Waals surface area contributed by atoms with Gasteiger partial charge in [0.25, 0.3) is 0 Å². The van der Waals surface area contributed by atoms with E-state index >= 15 is 0 Å². The van der Waals surface area contributed by atoms with Gasteiger partial charge in [-0.25, -0.2) is 0 Å². The van der Waals surface area contributed by atoms with Gasteiger partial charge in [-0.15, -0.1) is 0 Å². The number of ether oxygens (including phenoxy) is 1. The summed E-state index contributed by atoms with van der Waals surface area (Å²) in [6.45, 7) is 5.01. The fourth-order valence-corrected chi connectivity index (χ4v) is 4.24. The molecule has 0 spiro atoms. The Morgan fingerprint density at radius 1 is 1.40 bits per heavy atom. The van der Waals surface area contributed by atoms with Gasteiger partial charge in [0.05, 0.1) is 12.3 Å². The molecule has 0 bridgehead atoms. The highest BCUT2D eigenvalue weighted by molar-refractivity contribution is 7.99. The molecule has 1 aromatic rings. The molecule has 0 saturated carbocycles. The zero-order chi connectivity index (χ0) is 13.8. The maximum absolute atomic E-state index is 5.95. The lowest BCUT2D eigenvalue weighted by Gasteiger charge is -2.25. The van der Waals surface area contributed by atoms with E-state index in [-0.39, 0.29) is 6.10 Å². The van der Waals surface area contributed by atoms with E-state index in [1.807, 2.05) is 10.9 Å². The zero-order valence-corrected chi connectivity index (χ0v) is 13.1. The van der Waals surface area contributed by atoms with Crippen LogP contribution in [0.4, 0.5) is 0 Å². The summed E-state index contributed by atoms with van der Waals surface area (Å²) in [5.41, 5.74) is 1.25. The largest absolute Gasteiger partial charge is 0.373 e.